The molecule has 1 aromatic heterocycles. The molecule has 0 aliphatic carbocycles. The molecular weight excluding hydrogens is 425 g/mol. The van der Waals surface area contributed by atoms with Crippen LogP contribution in [0.25, 0.3) is 10.9 Å². The number of ether oxygens (including phenoxy) is 1. The molecule has 162 valence electrons. The highest BCUT2D eigenvalue weighted by Gasteiger charge is 2.35. The molecule has 1 saturated heterocycles. The Morgan fingerprint density at radius 1 is 1.42 bits per heavy atom. The zero-order valence-electron chi connectivity index (χ0n) is 16.7. The van der Waals surface area contributed by atoms with E-state index in [1.165, 1.54) is 19.5 Å². The third-order valence-corrected chi connectivity index (χ3v) is 5.62. The van der Waals surface area contributed by atoms with Crippen LogP contribution in [0.4, 0.5) is 15.9 Å². The van der Waals surface area contributed by atoms with Crippen LogP contribution in [0.5, 0.6) is 5.75 Å². The van der Waals surface area contributed by atoms with E-state index in [2.05, 4.69) is 15.3 Å². The van der Waals surface area contributed by atoms with Crippen LogP contribution in [-0.4, -0.2) is 51.7 Å². The van der Waals surface area contributed by atoms with Crippen molar-refractivity contribution in [1.82, 2.24) is 14.9 Å². The van der Waals surface area contributed by atoms with Gasteiger partial charge in [0, 0.05) is 30.1 Å². The minimum absolute atomic E-state index is 0.00388. The number of rotatable bonds is 6. The molecule has 2 heterocycles. The largest absolute Gasteiger partial charge is 0.496 e. The molecule has 1 aliphatic rings. The first-order valence-corrected chi connectivity index (χ1v) is 9.99. The summed E-state index contributed by atoms with van der Waals surface area (Å²) in [5.74, 6) is -0.114. The number of benzene rings is 2. The van der Waals surface area contributed by atoms with Gasteiger partial charge >= 0.3 is 0 Å². The fourth-order valence-corrected chi connectivity index (χ4v) is 4.01. The third-order valence-electron chi connectivity index (χ3n) is 5.33. The Morgan fingerprint density at radius 3 is 2.97 bits per heavy atom. The number of fused-ring (bicyclic) bond motifs is 1. The van der Waals surface area contributed by atoms with E-state index in [1.54, 1.807) is 18.2 Å². The molecule has 1 unspecified atom stereocenters. The summed E-state index contributed by atoms with van der Waals surface area (Å²) in [5.41, 5.74) is 7.02. The first-order chi connectivity index (χ1) is 14.9. The maximum Gasteiger partial charge on any atom is 0.234 e. The predicted molar refractivity (Wildman–Crippen MR) is 115 cm³/mol. The highest BCUT2D eigenvalue weighted by molar-refractivity contribution is 6.31. The van der Waals surface area contributed by atoms with Gasteiger partial charge in [0.25, 0.3) is 0 Å². The van der Waals surface area contributed by atoms with Crippen molar-refractivity contribution in [2.45, 2.75) is 25.1 Å². The number of nitrogens with two attached hydrogens (primary N) is 1. The maximum absolute atomic E-state index is 14.4. The molecule has 0 spiro atoms. The van der Waals surface area contributed by atoms with E-state index in [-0.39, 0.29) is 17.1 Å². The van der Waals surface area contributed by atoms with Crippen LogP contribution in [0.1, 0.15) is 12.0 Å². The van der Waals surface area contributed by atoms with Gasteiger partial charge in [0.15, 0.2) is 5.82 Å². The summed E-state index contributed by atoms with van der Waals surface area (Å²) in [6.45, 7) is 0.641. The van der Waals surface area contributed by atoms with Gasteiger partial charge in [-0.1, -0.05) is 17.7 Å². The van der Waals surface area contributed by atoms with Crippen LogP contribution >= 0.6 is 11.6 Å². The molecular formula is C21H21ClFN5O3. The van der Waals surface area contributed by atoms with Crippen molar-refractivity contribution in [3.63, 3.8) is 0 Å². The first kappa shape index (κ1) is 21.2. The second-order valence-corrected chi connectivity index (χ2v) is 7.77. The van der Waals surface area contributed by atoms with Crippen LogP contribution < -0.4 is 15.8 Å². The van der Waals surface area contributed by atoms with Gasteiger partial charge in [-0.2, -0.15) is 0 Å². The number of methoxy groups -OCH3 is 1. The van der Waals surface area contributed by atoms with Crippen LogP contribution in [0.3, 0.4) is 0 Å². The van der Waals surface area contributed by atoms with E-state index in [4.69, 9.17) is 22.1 Å². The van der Waals surface area contributed by atoms with Gasteiger partial charge < -0.3 is 20.9 Å². The molecule has 1 amide bonds. The number of amides is 1. The zero-order chi connectivity index (χ0) is 22.1. The maximum atomic E-state index is 14.4. The molecule has 1 aliphatic heterocycles. The van der Waals surface area contributed by atoms with E-state index < -0.39 is 23.9 Å². The Balaban J connectivity index is 1.74. The number of aromatic nitrogens is 2. The van der Waals surface area contributed by atoms with Crippen molar-refractivity contribution in [1.29, 1.82) is 0 Å². The zero-order valence-corrected chi connectivity index (χ0v) is 17.4. The summed E-state index contributed by atoms with van der Waals surface area (Å²) < 4.78 is 19.9. The van der Waals surface area contributed by atoms with Crippen LogP contribution in [0.2, 0.25) is 5.02 Å². The SMILES string of the molecule is COc1cc2ncnc(Nc3cccc(Cl)c3F)c2cc1CN1CC(O)C[C@@H]1C(N)=O. The lowest BCUT2D eigenvalue weighted by Crippen LogP contribution is -2.39. The van der Waals surface area contributed by atoms with Crippen molar-refractivity contribution >= 4 is 39.9 Å². The quantitative estimate of drug-likeness (QED) is 0.534. The number of primary amides is 1. The Bertz CT molecular complexity index is 1150. The molecule has 4 N–H and O–H groups in total. The van der Waals surface area contributed by atoms with Crippen molar-refractivity contribution in [3.05, 3.63) is 53.1 Å². The molecule has 3 aromatic rings. The minimum Gasteiger partial charge on any atom is -0.496 e. The lowest BCUT2D eigenvalue weighted by molar-refractivity contribution is -0.122. The fourth-order valence-electron chi connectivity index (χ4n) is 3.84. The van der Waals surface area contributed by atoms with E-state index in [0.29, 0.717) is 35.6 Å². The average Bonchev–Trinajstić information content (AvgIpc) is 3.11. The number of nitrogens with one attached hydrogen (secondary N) is 1. The molecule has 31 heavy (non-hydrogen) atoms. The topological polar surface area (TPSA) is 114 Å². The second-order valence-electron chi connectivity index (χ2n) is 7.37. The third kappa shape index (κ3) is 4.25. The molecule has 4 rings (SSSR count). The average molecular weight is 446 g/mol. The molecule has 2 aromatic carbocycles. The van der Waals surface area contributed by atoms with Gasteiger partial charge in [-0.3, -0.25) is 9.69 Å². The first-order valence-electron chi connectivity index (χ1n) is 9.61. The number of β-amino-alcohol motifs (C(OH)–C–C–N with tert-alkyl or cyclic N) is 1. The molecule has 10 heteroatoms. The van der Waals surface area contributed by atoms with E-state index in [1.807, 2.05) is 11.0 Å². The van der Waals surface area contributed by atoms with Crippen molar-refractivity contribution in [2.24, 2.45) is 5.73 Å². The molecule has 8 nitrogen and oxygen atoms in total. The normalized spacial score (nSPS) is 19.0. The summed E-state index contributed by atoms with van der Waals surface area (Å²) in [6, 6.07) is 7.65. The fraction of sp³-hybridized carbons (Fsp3) is 0.286. The number of aliphatic hydroxyl groups excluding tert-OH is 1. The molecule has 0 radical (unpaired) electrons. The van der Waals surface area contributed by atoms with Crippen molar-refractivity contribution in [3.8, 4) is 5.75 Å². The number of carbonyl (C=O) groups excluding carboxylic acids is 1. The number of likely N-dealkylation sites (tertiary alicyclic amines) is 1. The highest BCUT2D eigenvalue weighted by atomic mass is 35.5. The second kappa shape index (κ2) is 8.62. The monoisotopic (exact) mass is 445 g/mol. The van der Waals surface area contributed by atoms with Gasteiger partial charge in [0.05, 0.1) is 35.5 Å². The van der Waals surface area contributed by atoms with Gasteiger partial charge in [-0.05, 0) is 24.6 Å². The summed E-state index contributed by atoms with van der Waals surface area (Å²) in [5, 5.41) is 13.6. The molecule has 0 saturated carbocycles. The van der Waals surface area contributed by atoms with Gasteiger partial charge in [0.1, 0.15) is 17.9 Å². The van der Waals surface area contributed by atoms with Crippen molar-refractivity contribution < 1.29 is 19.0 Å². The standard InChI is InChI=1S/C21H21ClFN5O3/c1-31-18-7-16-13(5-11(18)8-28-9-12(29)6-17(28)20(24)30)21(26-10-25-16)27-15-4-2-3-14(22)19(15)23/h2-5,7,10,12,17,29H,6,8-9H2,1H3,(H2,24,30)(H,25,26,27)/t12?,17-/m1/s1. The summed E-state index contributed by atoms with van der Waals surface area (Å²) in [4.78, 5) is 22.1. The number of hydrogen-bond donors (Lipinski definition) is 3. The number of halogens is 2. The Labute approximate surface area is 182 Å². The number of carbonyl (C=O) groups is 1. The Morgan fingerprint density at radius 2 is 2.23 bits per heavy atom. The van der Waals surface area contributed by atoms with E-state index in [0.717, 1.165) is 5.56 Å². The van der Waals surface area contributed by atoms with Gasteiger partial charge in [0.2, 0.25) is 5.91 Å². The summed E-state index contributed by atoms with van der Waals surface area (Å²) in [6.07, 6.45) is 1.02. The van der Waals surface area contributed by atoms with Crippen LogP contribution in [-0.2, 0) is 11.3 Å². The van der Waals surface area contributed by atoms with Crippen molar-refractivity contribution in [2.75, 3.05) is 19.0 Å². The van der Waals surface area contributed by atoms with E-state index >= 15 is 0 Å². The summed E-state index contributed by atoms with van der Waals surface area (Å²) >= 11 is 5.88. The minimum atomic E-state index is -0.629. The highest BCUT2D eigenvalue weighted by Crippen LogP contribution is 2.33. The van der Waals surface area contributed by atoms with Gasteiger partial charge in [-0.15, -0.1) is 0 Å². The lowest BCUT2D eigenvalue weighted by atomic mass is 10.1. The summed E-state index contributed by atoms with van der Waals surface area (Å²) in [7, 11) is 1.54. The Kier molecular flexibility index (Phi) is 5.90. The van der Waals surface area contributed by atoms with Gasteiger partial charge in [-0.25, -0.2) is 14.4 Å². The smallest absolute Gasteiger partial charge is 0.234 e. The molecule has 0 bridgehead atoms. The number of nitrogens with zero attached hydrogens (tertiary/aromatic N) is 3. The number of hydrogen-bond acceptors (Lipinski definition) is 7. The molecule has 1 fully saturated rings. The Hall–Kier alpha value is -3.01. The number of anilines is 2. The van der Waals surface area contributed by atoms with Crippen LogP contribution in [0, 0.1) is 5.82 Å². The predicted octanol–water partition coefficient (Wildman–Crippen LogP) is 2.59. The molecule has 2 atom stereocenters. The van der Waals surface area contributed by atoms with Crippen LogP contribution in [0.15, 0.2) is 36.7 Å². The lowest BCUT2D eigenvalue weighted by Gasteiger charge is -2.23. The number of aliphatic hydroxyl groups is 1. The van der Waals surface area contributed by atoms with E-state index in [9.17, 15) is 14.3 Å².